The molecule has 2 aliphatic carbocycles. The van der Waals surface area contributed by atoms with Crippen molar-refractivity contribution in [2.75, 3.05) is 0 Å². The highest BCUT2D eigenvalue weighted by Gasteiger charge is 2.38. The molecule has 2 fully saturated rings. The molecule has 0 aliphatic heterocycles. The molecule has 0 bridgehead atoms. The molecule has 0 aromatic heterocycles. The van der Waals surface area contributed by atoms with E-state index in [0.717, 1.165) is 25.7 Å². The molecule has 2 rings (SSSR count). The minimum absolute atomic E-state index is 0.419. The SMILES string of the molecule is CC(C#N)(N=NC1CCC1)C1CCC1. The Labute approximate surface area is 85.2 Å². The second-order valence-electron chi connectivity index (χ2n) is 4.69. The third-order valence-electron chi connectivity index (χ3n) is 3.63. The Morgan fingerprint density at radius 3 is 2.21 bits per heavy atom. The van der Waals surface area contributed by atoms with E-state index in [-0.39, 0.29) is 0 Å². The topological polar surface area (TPSA) is 48.5 Å². The maximum atomic E-state index is 9.12. The zero-order valence-corrected chi connectivity index (χ0v) is 8.74. The molecule has 0 aromatic rings. The Morgan fingerprint density at radius 2 is 1.86 bits per heavy atom. The molecule has 1 atom stereocenters. The number of hydrogen-bond donors (Lipinski definition) is 0. The molecule has 1 unspecified atom stereocenters. The first-order valence-corrected chi connectivity index (χ1v) is 5.58. The highest BCUT2D eigenvalue weighted by Crippen LogP contribution is 2.38. The van der Waals surface area contributed by atoms with Gasteiger partial charge in [-0.1, -0.05) is 6.42 Å². The van der Waals surface area contributed by atoms with Crippen molar-refractivity contribution >= 4 is 0 Å². The van der Waals surface area contributed by atoms with Crippen LogP contribution in [0.4, 0.5) is 0 Å². The van der Waals surface area contributed by atoms with Gasteiger partial charge in [0.1, 0.15) is 0 Å². The van der Waals surface area contributed by atoms with Crippen molar-refractivity contribution in [3.05, 3.63) is 0 Å². The van der Waals surface area contributed by atoms with Gasteiger partial charge >= 0.3 is 0 Å². The van der Waals surface area contributed by atoms with Crippen LogP contribution in [0, 0.1) is 17.2 Å². The van der Waals surface area contributed by atoms with Crippen molar-refractivity contribution in [2.24, 2.45) is 16.1 Å². The number of rotatable bonds is 3. The second kappa shape index (κ2) is 3.68. The van der Waals surface area contributed by atoms with Gasteiger partial charge in [0.15, 0.2) is 5.54 Å². The Kier molecular flexibility index (Phi) is 2.54. The summed E-state index contributed by atoms with van der Waals surface area (Å²) in [7, 11) is 0. The van der Waals surface area contributed by atoms with Gasteiger partial charge in [-0.05, 0) is 44.9 Å². The average molecular weight is 191 g/mol. The lowest BCUT2D eigenvalue weighted by atomic mass is 9.73. The molecule has 76 valence electrons. The summed E-state index contributed by atoms with van der Waals surface area (Å²) >= 11 is 0. The van der Waals surface area contributed by atoms with Gasteiger partial charge in [-0.2, -0.15) is 15.5 Å². The van der Waals surface area contributed by atoms with E-state index >= 15 is 0 Å². The smallest absolute Gasteiger partial charge is 0.167 e. The van der Waals surface area contributed by atoms with E-state index in [2.05, 4.69) is 16.3 Å². The fraction of sp³-hybridized carbons (Fsp3) is 0.909. The summed E-state index contributed by atoms with van der Waals surface area (Å²) < 4.78 is 0. The largest absolute Gasteiger partial charge is 0.196 e. The van der Waals surface area contributed by atoms with E-state index in [4.69, 9.17) is 5.26 Å². The summed E-state index contributed by atoms with van der Waals surface area (Å²) in [5, 5.41) is 17.7. The summed E-state index contributed by atoms with van der Waals surface area (Å²) in [5.41, 5.74) is -0.534. The lowest BCUT2D eigenvalue weighted by Crippen LogP contribution is -2.35. The van der Waals surface area contributed by atoms with Crippen LogP contribution in [0.2, 0.25) is 0 Å². The van der Waals surface area contributed by atoms with Crippen LogP contribution in [-0.2, 0) is 0 Å². The van der Waals surface area contributed by atoms with Crippen molar-refractivity contribution in [3.8, 4) is 6.07 Å². The van der Waals surface area contributed by atoms with Gasteiger partial charge in [0.25, 0.3) is 0 Å². The van der Waals surface area contributed by atoms with Crippen LogP contribution in [0.3, 0.4) is 0 Å². The van der Waals surface area contributed by atoms with Gasteiger partial charge in [0.05, 0.1) is 12.1 Å². The van der Waals surface area contributed by atoms with E-state index in [0.29, 0.717) is 12.0 Å². The average Bonchev–Trinajstić information content (AvgIpc) is 1.98. The number of hydrogen-bond acceptors (Lipinski definition) is 3. The molecule has 0 heterocycles. The van der Waals surface area contributed by atoms with Crippen molar-refractivity contribution in [1.29, 1.82) is 5.26 Å². The first-order valence-electron chi connectivity index (χ1n) is 5.58. The predicted molar refractivity (Wildman–Crippen MR) is 53.9 cm³/mol. The Balaban J connectivity index is 1.96. The van der Waals surface area contributed by atoms with Gasteiger partial charge in [-0.15, -0.1) is 0 Å². The summed E-state index contributed by atoms with van der Waals surface area (Å²) in [6, 6.07) is 2.74. The Hall–Kier alpha value is -0.910. The zero-order valence-electron chi connectivity index (χ0n) is 8.74. The predicted octanol–water partition coefficient (Wildman–Crippen LogP) is 3.07. The molecule has 2 aliphatic rings. The summed E-state index contributed by atoms with van der Waals surface area (Å²) in [6.07, 6.45) is 7.14. The molecule has 0 spiro atoms. The molecule has 0 aromatic carbocycles. The lowest BCUT2D eigenvalue weighted by Gasteiger charge is -2.34. The van der Waals surface area contributed by atoms with Crippen molar-refractivity contribution in [2.45, 2.75) is 57.0 Å². The summed E-state index contributed by atoms with van der Waals surface area (Å²) in [6.45, 7) is 1.93. The lowest BCUT2D eigenvalue weighted by molar-refractivity contribution is 0.216. The minimum Gasteiger partial charge on any atom is -0.196 e. The molecule has 14 heavy (non-hydrogen) atoms. The van der Waals surface area contributed by atoms with E-state index in [9.17, 15) is 0 Å². The van der Waals surface area contributed by atoms with E-state index in [1.54, 1.807) is 0 Å². The first kappa shape index (κ1) is 9.64. The molecule has 3 heteroatoms. The van der Waals surface area contributed by atoms with E-state index < -0.39 is 5.54 Å². The van der Waals surface area contributed by atoms with Crippen LogP contribution in [-0.4, -0.2) is 11.6 Å². The fourth-order valence-electron chi connectivity index (χ4n) is 1.87. The van der Waals surface area contributed by atoms with Gasteiger partial charge in [0, 0.05) is 0 Å². The maximum Gasteiger partial charge on any atom is 0.167 e. The van der Waals surface area contributed by atoms with Crippen molar-refractivity contribution in [1.82, 2.24) is 0 Å². The molecule has 0 amide bonds. The highest BCUT2D eigenvalue weighted by atomic mass is 15.2. The first-order chi connectivity index (χ1) is 6.74. The van der Waals surface area contributed by atoms with Crippen molar-refractivity contribution in [3.63, 3.8) is 0 Å². The van der Waals surface area contributed by atoms with Crippen LogP contribution in [0.25, 0.3) is 0 Å². The van der Waals surface area contributed by atoms with Crippen LogP contribution >= 0.6 is 0 Å². The van der Waals surface area contributed by atoms with Crippen LogP contribution in [0.1, 0.15) is 45.4 Å². The van der Waals surface area contributed by atoms with Gasteiger partial charge in [0.2, 0.25) is 0 Å². The molecule has 0 N–H and O–H groups in total. The van der Waals surface area contributed by atoms with E-state index in [1.165, 1.54) is 12.8 Å². The monoisotopic (exact) mass is 191 g/mol. The van der Waals surface area contributed by atoms with Gasteiger partial charge in [-0.3, -0.25) is 0 Å². The fourth-order valence-corrected chi connectivity index (χ4v) is 1.87. The number of nitriles is 1. The second-order valence-corrected chi connectivity index (χ2v) is 4.69. The van der Waals surface area contributed by atoms with E-state index in [1.807, 2.05) is 6.92 Å². The third kappa shape index (κ3) is 1.66. The van der Waals surface area contributed by atoms with Crippen LogP contribution < -0.4 is 0 Å². The number of nitrogens with zero attached hydrogens (tertiary/aromatic N) is 3. The Morgan fingerprint density at radius 1 is 1.21 bits per heavy atom. The minimum atomic E-state index is -0.534. The Bertz CT molecular complexity index is 271. The van der Waals surface area contributed by atoms with Crippen LogP contribution in [0.15, 0.2) is 10.2 Å². The molecular weight excluding hydrogens is 174 g/mol. The number of azo groups is 1. The quantitative estimate of drug-likeness (QED) is 0.632. The van der Waals surface area contributed by atoms with Gasteiger partial charge < -0.3 is 0 Å². The molecule has 3 nitrogen and oxygen atoms in total. The standard InChI is InChI=1S/C11H17N3/c1-11(8-12,9-4-2-5-9)14-13-10-6-3-7-10/h9-10H,2-7H2,1H3. The normalized spacial score (nSPS) is 27.7. The van der Waals surface area contributed by atoms with Crippen molar-refractivity contribution < 1.29 is 0 Å². The van der Waals surface area contributed by atoms with Gasteiger partial charge in [-0.25, -0.2) is 0 Å². The maximum absolute atomic E-state index is 9.12. The highest BCUT2D eigenvalue weighted by molar-refractivity contribution is 5.09. The molecule has 0 radical (unpaired) electrons. The molecular formula is C11H17N3. The third-order valence-corrected chi connectivity index (χ3v) is 3.63. The molecule has 2 saturated carbocycles. The summed E-state index contributed by atoms with van der Waals surface area (Å²) in [5.74, 6) is 0.455. The zero-order chi connectivity index (χ0) is 10.0. The summed E-state index contributed by atoms with van der Waals surface area (Å²) in [4.78, 5) is 0. The van der Waals surface area contributed by atoms with Crippen LogP contribution in [0.5, 0.6) is 0 Å². The molecule has 0 saturated heterocycles.